The van der Waals surface area contributed by atoms with Gasteiger partial charge in [-0.1, -0.05) is 11.1 Å². The Morgan fingerprint density at radius 2 is 2.43 bits per heavy atom. The van der Waals surface area contributed by atoms with E-state index in [1.807, 2.05) is 0 Å². The van der Waals surface area contributed by atoms with Crippen molar-refractivity contribution in [1.29, 1.82) is 0 Å². The molecule has 4 heteroatoms. The zero-order chi connectivity index (χ0) is 9.80. The second-order valence-electron chi connectivity index (χ2n) is 3.56. The summed E-state index contributed by atoms with van der Waals surface area (Å²) in [4.78, 5) is 4.25. The Bertz CT molecular complexity index is 335. The lowest BCUT2D eigenvalue weighted by Crippen LogP contribution is -2.13. The molecule has 1 N–H and O–H groups in total. The van der Waals surface area contributed by atoms with Gasteiger partial charge >= 0.3 is 0 Å². The van der Waals surface area contributed by atoms with Crippen molar-refractivity contribution in [3.05, 3.63) is 11.7 Å². The molecule has 1 aromatic rings. The number of aromatic nitrogens is 2. The maximum atomic E-state index is 5.09. The summed E-state index contributed by atoms with van der Waals surface area (Å²) in [5.74, 6) is 4.72. The Kier molecular flexibility index (Phi) is 2.80. The first kappa shape index (κ1) is 9.22. The van der Waals surface area contributed by atoms with Crippen molar-refractivity contribution in [3.63, 3.8) is 0 Å². The normalized spacial score (nSPS) is 15.4. The minimum atomic E-state index is 0.528. The minimum absolute atomic E-state index is 0.528. The van der Waals surface area contributed by atoms with Gasteiger partial charge in [0.15, 0.2) is 5.82 Å². The number of nitrogens with zero attached hydrogens (tertiary/aromatic N) is 2. The molecule has 0 saturated heterocycles. The summed E-state index contributed by atoms with van der Waals surface area (Å²) in [7, 11) is 0. The summed E-state index contributed by atoms with van der Waals surface area (Å²) < 4.78 is 5.05. The average molecular weight is 191 g/mol. The van der Waals surface area contributed by atoms with E-state index in [4.69, 9.17) is 10.9 Å². The Labute approximate surface area is 83.1 Å². The van der Waals surface area contributed by atoms with Crippen molar-refractivity contribution in [2.24, 2.45) is 5.92 Å². The summed E-state index contributed by atoms with van der Waals surface area (Å²) in [6.07, 6.45) is 8.66. The highest BCUT2D eigenvalue weighted by atomic mass is 16.5. The van der Waals surface area contributed by atoms with Crippen LogP contribution in [0.4, 0.5) is 0 Å². The predicted molar refractivity (Wildman–Crippen MR) is 51.3 cm³/mol. The van der Waals surface area contributed by atoms with Gasteiger partial charge in [0.2, 0.25) is 5.89 Å². The summed E-state index contributed by atoms with van der Waals surface area (Å²) in [5, 5.41) is 6.90. The van der Waals surface area contributed by atoms with E-state index < -0.39 is 0 Å². The summed E-state index contributed by atoms with van der Waals surface area (Å²) in [6, 6.07) is 0. The van der Waals surface area contributed by atoms with Gasteiger partial charge in [-0.25, -0.2) is 0 Å². The lowest BCUT2D eigenvalue weighted by Gasteiger charge is -1.92. The van der Waals surface area contributed by atoms with Gasteiger partial charge in [0, 0.05) is 6.42 Å². The fourth-order valence-electron chi connectivity index (χ4n) is 1.27. The van der Waals surface area contributed by atoms with Crippen molar-refractivity contribution in [3.8, 4) is 12.3 Å². The molecular formula is C10H13N3O. The van der Waals surface area contributed by atoms with Gasteiger partial charge in [-0.05, 0) is 18.8 Å². The molecule has 1 saturated carbocycles. The van der Waals surface area contributed by atoms with Crippen LogP contribution >= 0.6 is 0 Å². The second-order valence-corrected chi connectivity index (χ2v) is 3.56. The van der Waals surface area contributed by atoms with Crippen LogP contribution < -0.4 is 5.32 Å². The van der Waals surface area contributed by atoms with Crippen LogP contribution in [0.3, 0.4) is 0 Å². The molecule has 1 heterocycles. The average Bonchev–Trinajstić information content (AvgIpc) is 2.87. The third-order valence-corrected chi connectivity index (χ3v) is 2.18. The fraction of sp³-hybridized carbons (Fsp3) is 0.600. The smallest absolute Gasteiger partial charge is 0.240 e. The highest BCUT2D eigenvalue weighted by Gasteiger charge is 2.23. The lowest BCUT2D eigenvalue weighted by atomic mass is 10.3. The SMILES string of the molecule is C#CCNCc1nc(CC2CC2)no1. The van der Waals surface area contributed by atoms with Gasteiger partial charge in [-0.3, -0.25) is 5.32 Å². The van der Waals surface area contributed by atoms with Gasteiger partial charge in [0.25, 0.3) is 0 Å². The molecule has 0 amide bonds. The molecule has 0 radical (unpaired) electrons. The number of hydrogen-bond donors (Lipinski definition) is 1. The molecule has 1 aromatic heterocycles. The van der Waals surface area contributed by atoms with E-state index in [2.05, 4.69) is 21.4 Å². The van der Waals surface area contributed by atoms with Crippen LogP contribution in [0.25, 0.3) is 0 Å². The molecule has 4 nitrogen and oxygen atoms in total. The first-order chi connectivity index (χ1) is 6.88. The van der Waals surface area contributed by atoms with Crippen LogP contribution in [0.5, 0.6) is 0 Å². The van der Waals surface area contributed by atoms with Crippen LogP contribution in [0.1, 0.15) is 24.6 Å². The van der Waals surface area contributed by atoms with E-state index in [0.29, 0.717) is 19.0 Å². The second kappa shape index (κ2) is 4.25. The Morgan fingerprint density at radius 1 is 1.57 bits per heavy atom. The zero-order valence-corrected chi connectivity index (χ0v) is 7.99. The first-order valence-electron chi connectivity index (χ1n) is 4.84. The fourth-order valence-corrected chi connectivity index (χ4v) is 1.27. The van der Waals surface area contributed by atoms with E-state index in [1.165, 1.54) is 12.8 Å². The highest BCUT2D eigenvalue weighted by molar-refractivity contribution is 4.93. The number of rotatable bonds is 5. The summed E-state index contributed by atoms with van der Waals surface area (Å²) in [6.45, 7) is 1.09. The van der Waals surface area contributed by atoms with Gasteiger partial charge in [-0.2, -0.15) is 4.98 Å². The Hall–Kier alpha value is -1.34. The summed E-state index contributed by atoms with van der Waals surface area (Å²) >= 11 is 0. The van der Waals surface area contributed by atoms with Crippen molar-refractivity contribution >= 4 is 0 Å². The van der Waals surface area contributed by atoms with E-state index in [0.717, 1.165) is 18.2 Å². The Balaban J connectivity index is 1.80. The quantitative estimate of drug-likeness (QED) is 0.551. The van der Waals surface area contributed by atoms with Crippen LogP contribution in [0.2, 0.25) is 0 Å². The predicted octanol–water partition coefficient (Wildman–Crippen LogP) is 0.745. The van der Waals surface area contributed by atoms with Crippen LogP contribution in [-0.2, 0) is 13.0 Å². The number of terminal acetylenes is 1. The van der Waals surface area contributed by atoms with Crippen molar-refractivity contribution in [2.75, 3.05) is 6.54 Å². The third kappa shape index (κ3) is 2.57. The largest absolute Gasteiger partial charge is 0.338 e. The molecule has 1 aliphatic rings. The molecule has 2 rings (SSSR count). The van der Waals surface area contributed by atoms with Crippen molar-refractivity contribution in [1.82, 2.24) is 15.5 Å². The van der Waals surface area contributed by atoms with Gasteiger partial charge in [0.05, 0.1) is 13.1 Å². The van der Waals surface area contributed by atoms with Crippen LogP contribution in [0.15, 0.2) is 4.52 Å². The molecule has 1 aliphatic carbocycles. The molecular weight excluding hydrogens is 178 g/mol. The number of nitrogens with one attached hydrogen (secondary N) is 1. The maximum absolute atomic E-state index is 5.09. The van der Waals surface area contributed by atoms with Crippen LogP contribution in [0, 0.1) is 18.3 Å². The molecule has 0 atom stereocenters. The molecule has 1 fully saturated rings. The van der Waals surface area contributed by atoms with Gasteiger partial charge < -0.3 is 4.52 Å². The zero-order valence-electron chi connectivity index (χ0n) is 7.99. The Morgan fingerprint density at radius 3 is 3.14 bits per heavy atom. The maximum Gasteiger partial charge on any atom is 0.240 e. The van der Waals surface area contributed by atoms with Crippen molar-refractivity contribution in [2.45, 2.75) is 25.8 Å². The highest BCUT2D eigenvalue weighted by Crippen LogP contribution is 2.31. The van der Waals surface area contributed by atoms with E-state index >= 15 is 0 Å². The number of hydrogen-bond acceptors (Lipinski definition) is 4. The van der Waals surface area contributed by atoms with Gasteiger partial charge in [-0.15, -0.1) is 6.42 Å². The summed E-state index contributed by atoms with van der Waals surface area (Å²) in [5.41, 5.74) is 0. The van der Waals surface area contributed by atoms with Crippen molar-refractivity contribution < 1.29 is 4.52 Å². The lowest BCUT2D eigenvalue weighted by molar-refractivity contribution is 0.365. The van der Waals surface area contributed by atoms with E-state index in [-0.39, 0.29) is 0 Å². The standard InChI is InChI=1S/C10H13N3O/c1-2-5-11-7-10-12-9(13-14-10)6-8-3-4-8/h1,8,11H,3-7H2. The molecule has 0 aromatic carbocycles. The van der Waals surface area contributed by atoms with E-state index in [1.54, 1.807) is 0 Å². The first-order valence-corrected chi connectivity index (χ1v) is 4.84. The monoisotopic (exact) mass is 191 g/mol. The van der Waals surface area contributed by atoms with Crippen LogP contribution in [-0.4, -0.2) is 16.7 Å². The minimum Gasteiger partial charge on any atom is -0.338 e. The topological polar surface area (TPSA) is 51.0 Å². The molecule has 0 bridgehead atoms. The third-order valence-electron chi connectivity index (χ3n) is 2.18. The van der Waals surface area contributed by atoms with Gasteiger partial charge in [0.1, 0.15) is 0 Å². The molecule has 0 unspecified atom stereocenters. The molecule has 14 heavy (non-hydrogen) atoms. The molecule has 0 aliphatic heterocycles. The molecule has 74 valence electrons. The molecule has 0 spiro atoms. The van der Waals surface area contributed by atoms with E-state index in [9.17, 15) is 0 Å².